The summed E-state index contributed by atoms with van der Waals surface area (Å²) in [5.41, 5.74) is 2.88. The lowest BCUT2D eigenvalue weighted by molar-refractivity contribution is 0.469. The molecule has 160 valence electrons. The first-order valence-electron chi connectivity index (χ1n) is 9.55. The molecule has 0 N–H and O–H groups in total. The van der Waals surface area contributed by atoms with Crippen molar-refractivity contribution >= 4 is 11.3 Å². The minimum Gasteiger partial charge on any atom is -0.309 e. The van der Waals surface area contributed by atoms with Crippen LogP contribution in [0.15, 0.2) is 67.5 Å². The molecule has 0 aliphatic rings. The molecule has 4 aromatic heterocycles. The van der Waals surface area contributed by atoms with Crippen molar-refractivity contribution in [2.45, 2.75) is 62.8 Å². The van der Waals surface area contributed by atoms with Gasteiger partial charge in [0.2, 0.25) is 0 Å². The predicted octanol–water partition coefficient (Wildman–Crippen LogP) is 6.80. The van der Waals surface area contributed by atoms with E-state index >= 15 is 0 Å². The molecular weight excluding hydrogens is 358 g/mol. The highest BCUT2D eigenvalue weighted by atomic mass is 15.2. The van der Waals surface area contributed by atoms with Crippen LogP contribution < -0.4 is 0 Å². The van der Waals surface area contributed by atoms with Crippen molar-refractivity contribution in [2.24, 2.45) is 10.8 Å². The number of hydrogen-bond acceptors (Lipinski definition) is 3. The zero-order valence-corrected chi connectivity index (χ0v) is 18.6. The van der Waals surface area contributed by atoms with Gasteiger partial charge < -0.3 is 4.40 Å². The molecule has 5 nitrogen and oxygen atoms in total. The van der Waals surface area contributed by atoms with Crippen LogP contribution in [0.25, 0.3) is 11.3 Å². The van der Waals surface area contributed by atoms with E-state index in [1.54, 1.807) is 23.1 Å². The Hall–Kier alpha value is -2.69. The van der Waals surface area contributed by atoms with Crippen LogP contribution in [-0.4, -0.2) is 24.0 Å². The second-order valence-corrected chi connectivity index (χ2v) is 9.65. The summed E-state index contributed by atoms with van der Waals surface area (Å²) in [4.78, 5) is 8.15. The van der Waals surface area contributed by atoms with E-state index in [1.807, 2.05) is 53.3 Å². The molecule has 0 saturated heterocycles. The molecule has 0 aliphatic carbocycles. The molecule has 0 bridgehead atoms. The van der Waals surface area contributed by atoms with Crippen LogP contribution in [0.2, 0.25) is 0 Å². The van der Waals surface area contributed by atoms with Gasteiger partial charge in [-0.1, -0.05) is 62.8 Å². The van der Waals surface area contributed by atoms with E-state index in [0.717, 1.165) is 11.3 Å². The summed E-state index contributed by atoms with van der Waals surface area (Å²) in [5.74, 6) is 0. The van der Waals surface area contributed by atoms with Crippen molar-refractivity contribution < 1.29 is 0 Å². The monoisotopic (exact) mass is 397 g/mol. The van der Waals surface area contributed by atoms with Crippen molar-refractivity contribution in [3.05, 3.63) is 67.5 Å². The zero-order valence-electron chi connectivity index (χ0n) is 18.6. The van der Waals surface area contributed by atoms with Gasteiger partial charge in [-0.15, -0.1) is 0 Å². The Morgan fingerprint density at radius 3 is 1.62 bits per heavy atom. The molecule has 5 heteroatoms. The fourth-order valence-corrected chi connectivity index (χ4v) is 1.63. The lowest BCUT2D eigenvalue weighted by Gasteiger charge is -2.05. The van der Waals surface area contributed by atoms with E-state index in [-0.39, 0.29) is 7.43 Å². The van der Waals surface area contributed by atoms with Crippen LogP contribution in [0.5, 0.6) is 0 Å². The molecular formula is C24H39N5. The Bertz CT molecular complexity index is 773. The average Bonchev–Trinajstić information content (AvgIpc) is 3.21. The molecule has 4 heterocycles. The van der Waals surface area contributed by atoms with Crippen molar-refractivity contribution in [3.63, 3.8) is 0 Å². The highest BCUT2D eigenvalue weighted by molar-refractivity contribution is 5.37. The normalized spacial score (nSPS) is 10.5. The second kappa shape index (κ2) is 12.0. The lowest BCUT2D eigenvalue weighted by atomic mass is 10.0. The Morgan fingerprint density at radius 1 is 0.621 bits per heavy atom. The Kier molecular flexibility index (Phi) is 10.9. The Balaban J connectivity index is 0.000000373. The number of aromatic nitrogens is 5. The van der Waals surface area contributed by atoms with Gasteiger partial charge in [0.25, 0.3) is 0 Å². The summed E-state index contributed by atoms with van der Waals surface area (Å²) in [6.07, 6.45) is 11.1. The molecule has 29 heavy (non-hydrogen) atoms. The first kappa shape index (κ1) is 26.3. The zero-order chi connectivity index (χ0) is 21.2. The van der Waals surface area contributed by atoms with Gasteiger partial charge in [0.15, 0.2) is 5.65 Å². The number of nitrogens with zero attached hydrogens (tertiary/aromatic N) is 5. The Morgan fingerprint density at radius 2 is 1.10 bits per heavy atom. The van der Waals surface area contributed by atoms with Crippen LogP contribution in [0.4, 0.5) is 0 Å². The maximum absolute atomic E-state index is 4.10. The van der Waals surface area contributed by atoms with Gasteiger partial charge in [0, 0.05) is 37.1 Å². The van der Waals surface area contributed by atoms with E-state index in [2.05, 4.69) is 70.5 Å². The van der Waals surface area contributed by atoms with Crippen LogP contribution in [0.3, 0.4) is 0 Å². The summed E-state index contributed by atoms with van der Waals surface area (Å²) < 4.78 is 3.69. The Labute approximate surface area is 176 Å². The third-order valence-corrected chi connectivity index (χ3v) is 2.47. The summed E-state index contributed by atoms with van der Waals surface area (Å²) in [6, 6.07) is 9.56. The third-order valence-electron chi connectivity index (χ3n) is 2.47. The van der Waals surface area contributed by atoms with Crippen molar-refractivity contribution in [1.82, 2.24) is 24.0 Å². The van der Waals surface area contributed by atoms with Crippen molar-refractivity contribution in [2.75, 3.05) is 0 Å². The largest absolute Gasteiger partial charge is 0.309 e. The molecule has 4 aromatic rings. The lowest BCUT2D eigenvalue weighted by Crippen LogP contribution is -1.93. The van der Waals surface area contributed by atoms with Gasteiger partial charge in [-0.25, -0.2) is 14.5 Å². The van der Waals surface area contributed by atoms with Gasteiger partial charge in [0.05, 0.1) is 6.20 Å². The maximum Gasteiger partial charge on any atom is 0.154 e. The van der Waals surface area contributed by atoms with Gasteiger partial charge in [-0.2, -0.15) is 5.10 Å². The van der Waals surface area contributed by atoms with E-state index < -0.39 is 0 Å². The minimum atomic E-state index is 0. The third kappa shape index (κ3) is 14.0. The smallest absolute Gasteiger partial charge is 0.154 e. The molecule has 0 saturated carbocycles. The SMILES string of the molecule is C.CC(C)(C)C.CC(C)(C)C.c1cnc2cccn2c1.c1cnc2ccnn2c1. The van der Waals surface area contributed by atoms with E-state index in [9.17, 15) is 0 Å². The molecule has 0 radical (unpaired) electrons. The summed E-state index contributed by atoms with van der Waals surface area (Å²) >= 11 is 0. The molecule has 0 unspecified atom stereocenters. The molecule has 0 aliphatic heterocycles. The minimum absolute atomic E-state index is 0. The summed E-state index contributed by atoms with van der Waals surface area (Å²) in [5, 5.41) is 3.97. The predicted molar refractivity (Wildman–Crippen MR) is 125 cm³/mol. The topological polar surface area (TPSA) is 47.5 Å². The standard InChI is InChI=1S/C7H6N2.C6H5N3.2C5H12.CH4/c1-3-7-8-4-2-6-9(7)5-1;1-3-7-6-2-4-8-9(6)5-1;2*1-5(2,3)4;/h1-6H;1-5H;2*1-4H3;1H4. The molecule has 4 rings (SSSR count). The second-order valence-electron chi connectivity index (χ2n) is 9.65. The molecule has 0 aromatic carbocycles. The fraction of sp³-hybridized carbons (Fsp3) is 0.458. The number of rotatable bonds is 0. The van der Waals surface area contributed by atoms with E-state index in [4.69, 9.17) is 0 Å². The maximum atomic E-state index is 4.10. The molecule has 0 fully saturated rings. The highest BCUT2D eigenvalue weighted by Gasteiger charge is 1.96. The van der Waals surface area contributed by atoms with E-state index in [1.165, 1.54) is 0 Å². The van der Waals surface area contributed by atoms with Crippen LogP contribution in [0, 0.1) is 10.8 Å². The van der Waals surface area contributed by atoms with Gasteiger partial charge in [0.1, 0.15) is 5.65 Å². The highest BCUT2D eigenvalue weighted by Crippen LogP contribution is 2.08. The number of hydrogen-bond donors (Lipinski definition) is 0. The molecule has 0 spiro atoms. The van der Waals surface area contributed by atoms with E-state index in [0.29, 0.717) is 10.8 Å². The average molecular weight is 398 g/mol. The molecule has 0 atom stereocenters. The number of fused-ring (bicyclic) bond motifs is 2. The van der Waals surface area contributed by atoms with Crippen molar-refractivity contribution in [3.8, 4) is 0 Å². The quantitative estimate of drug-likeness (QED) is 0.327. The van der Waals surface area contributed by atoms with Gasteiger partial charge >= 0.3 is 0 Å². The summed E-state index contributed by atoms with van der Waals surface area (Å²) in [7, 11) is 0. The first-order valence-corrected chi connectivity index (χ1v) is 9.55. The fourth-order valence-electron chi connectivity index (χ4n) is 1.63. The van der Waals surface area contributed by atoms with Gasteiger partial charge in [-0.05, 0) is 35.1 Å². The van der Waals surface area contributed by atoms with Crippen LogP contribution in [-0.2, 0) is 0 Å². The van der Waals surface area contributed by atoms with Gasteiger partial charge in [-0.3, -0.25) is 0 Å². The first-order chi connectivity index (χ1) is 12.9. The molecule has 0 amide bonds. The van der Waals surface area contributed by atoms with Crippen LogP contribution in [0.1, 0.15) is 62.8 Å². The van der Waals surface area contributed by atoms with Crippen LogP contribution >= 0.6 is 0 Å². The van der Waals surface area contributed by atoms with Crippen molar-refractivity contribution in [1.29, 1.82) is 0 Å². The summed E-state index contributed by atoms with van der Waals surface area (Å²) in [6.45, 7) is 17.5.